The van der Waals surface area contributed by atoms with Crippen LogP contribution in [0.5, 0.6) is 11.5 Å². The van der Waals surface area contributed by atoms with Crippen molar-refractivity contribution in [2.75, 3.05) is 18.5 Å². The lowest BCUT2D eigenvalue weighted by molar-refractivity contribution is -0.286. The van der Waals surface area contributed by atoms with Crippen molar-refractivity contribution in [2.24, 2.45) is 0 Å². The van der Waals surface area contributed by atoms with Crippen molar-refractivity contribution in [1.82, 2.24) is 4.57 Å². The van der Waals surface area contributed by atoms with Gasteiger partial charge in [0.05, 0.1) is 36.4 Å². The summed E-state index contributed by atoms with van der Waals surface area (Å²) in [6, 6.07) is 8.86. The Morgan fingerprint density at radius 2 is 1.80 bits per heavy atom. The molecule has 1 saturated heterocycles. The minimum atomic E-state index is -3.78. The van der Waals surface area contributed by atoms with E-state index in [1.54, 1.807) is 19.9 Å². The normalized spacial score (nSPS) is 19.8. The summed E-state index contributed by atoms with van der Waals surface area (Å²) in [6.45, 7) is 11.2. The molecule has 3 heterocycles. The van der Waals surface area contributed by atoms with Crippen LogP contribution in [0.2, 0.25) is 0 Å². The average molecular weight is 563 g/mol. The third-order valence-corrected chi connectivity index (χ3v) is 7.47. The van der Waals surface area contributed by atoms with Gasteiger partial charge in [-0.15, -0.1) is 8.78 Å². The largest absolute Gasteiger partial charge is 0.586 e. The number of aliphatic hydroxyl groups excluding tert-OH is 1. The lowest BCUT2D eigenvalue weighted by Gasteiger charge is -2.26. The van der Waals surface area contributed by atoms with Crippen molar-refractivity contribution in [3.8, 4) is 11.5 Å². The molecule has 0 spiro atoms. The number of carbonyl (C=O) groups is 1. The van der Waals surface area contributed by atoms with Crippen LogP contribution in [-0.2, 0) is 31.6 Å². The Labute approximate surface area is 230 Å². The number of benzene rings is 2. The second-order valence-electron chi connectivity index (χ2n) is 11.9. The highest BCUT2D eigenvalue weighted by atomic mass is 19.3. The van der Waals surface area contributed by atoms with Crippen LogP contribution in [0.4, 0.5) is 18.9 Å². The molecule has 0 saturated carbocycles. The second kappa shape index (κ2) is 9.39. The van der Waals surface area contributed by atoms with Crippen LogP contribution in [0.1, 0.15) is 52.8 Å². The molecule has 2 aromatic carbocycles. The molecule has 0 aliphatic carbocycles. The number of aliphatic hydroxyl groups is 1. The van der Waals surface area contributed by atoms with Crippen LogP contribution in [-0.4, -0.2) is 47.0 Å². The number of amides is 1. The van der Waals surface area contributed by atoms with Crippen LogP contribution in [0.3, 0.4) is 0 Å². The second-order valence-corrected chi connectivity index (χ2v) is 11.9. The van der Waals surface area contributed by atoms with Crippen LogP contribution in [0, 0.1) is 5.82 Å². The zero-order valence-corrected chi connectivity index (χ0v) is 23.2. The van der Waals surface area contributed by atoms with Gasteiger partial charge in [0.1, 0.15) is 11.9 Å². The molecule has 0 bridgehead atoms. The number of anilines is 1. The van der Waals surface area contributed by atoms with E-state index in [2.05, 4.69) is 14.8 Å². The van der Waals surface area contributed by atoms with Crippen LogP contribution >= 0.6 is 0 Å². The highest BCUT2D eigenvalue weighted by Gasteiger charge is 2.44. The molecule has 3 aromatic rings. The van der Waals surface area contributed by atoms with Gasteiger partial charge in [0, 0.05) is 22.6 Å². The Bertz CT molecular complexity index is 1480. The average Bonchev–Trinajstić information content (AvgIpc) is 3.49. The van der Waals surface area contributed by atoms with E-state index in [9.17, 15) is 18.7 Å². The summed E-state index contributed by atoms with van der Waals surface area (Å²) in [6.07, 6.45) is -4.05. The Morgan fingerprint density at radius 1 is 1.10 bits per heavy atom. The van der Waals surface area contributed by atoms with Gasteiger partial charge in [-0.2, -0.15) is 0 Å². The zero-order chi connectivity index (χ0) is 29.3. The topological polar surface area (TPSA) is 91.2 Å². The van der Waals surface area contributed by atoms with Crippen molar-refractivity contribution in [3.63, 3.8) is 0 Å². The standard InChI is InChI=1S/C29H33F3N2O6/c1-26(2,15-35)24-10-16-9-20(19(30)12-21(16)34(24)13-18-14-37-28(5,6)38-18)33-25(36)27(3,4)17-7-8-22-23(11-17)40-29(31,32)39-22/h7-12,18,35H,13-15H2,1-6H3,(H,33,36). The summed E-state index contributed by atoms with van der Waals surface area (Å²) in [7, 11) is 0. The third-order valence-electron chi connectivity index (χ3n) is 7.47. The molecule has 5 rings (SSSR count). The lowest BCUT2D eigenvalue weighted by atomic mass is 9.83. The lowest BCUT2D eigenvalue weighted by Crippen LogP contribution is -2.35. The minimum absolute atomic E-state index is 0.0371. The maximum atomic E-state index is 15.5. The van der Waals surface area contributed by atoms with Gasteiger partial charge < -0.3 is 33.9 Å². The molecule has 40 heavy (non-hydrogen) atoms. The molecule has 1 aromatic heterocycles. The molecule has 1 amide bonds. The summed E-state index contributed by atoms with van der Waals surface area (Å²) in [5.41, 5.74) is -0.182. The van der Waals surface area contributed by atoms with Crippen molar-refractivity contribution in [3.05, 3.63) is 53.5 Å². The Hall–Kier alpha value is -3.28. The number of nitrogens with one attached hydrogen (secondary N) is 1. The summed E-state index contributed by atoms with van der Waals surface area (Å²) in [5.74, 6) is -2.25. The number of carbonyl (C=O) groups excluding carboxylic acids is 1. The summed E-state index contributed by atoms with van der Waals surface area (Å²) >= 11 is 0. The van der Waals surface area contributed by atoms with Crippen LogP contribution < -0.4 is 14.8 Å². The summed E-state index contributed by atoms with van der Waals surface area (Å²) in [4.78, 5) is 13.4. The number of halogens is 3. The quantitative estimate of drug-likeness (QED) is 0.399. The van der Waals surface area contributed by atoms with E-state index in [-0.39, 0.29) is 29.9 Å². The monoisotopic (exact) mass is 562 g/mol. The molecular formula is C29H33F3N2O6. The fourth-order valence-corrected chi connectivity index (χ4v) is 5.02. The molecule has 2 aliphatic heterocycles. The first-order chi connectivity index (χ1) is 18.5. The fourth-order valence-electron chi connectivity index (χ4n) is 5.02. The zero-order valence-electron chi connectivity index (χ0n) is 23.2. The number of ether oxygens (including phenoxy) is 4. The van der Waals surface area contributed by atoms with E-state index in [1.165, 1.54) is 24.3 Å². The van der Waals surface area contributed by atoms with E-state index in [4.69, 9.17) is 9.47 Å². The van der Waals surface area contributed by atoms with E-state index >= 15 is 4.39 Å². The number of hydrogen-bond donors (Lipinski definition) is 2. The van der Waals surface area contributed by atoms with Crippen molar-refractivity contribution in [1.29, 1.82) is 0 Å². The van der Waals surface area contributed by atoms with Crippen LogP contribution in [0.25, 0.3) is 10.9 Å². The third kappa shape index (κ3) is 5.13. The molecule has 216 valence electrons. The smallest absolute Gasteiger partial charge is 0.395 e. The Balaban J connectivity index is 1.45. The van der Waals surface area contributed by atoms with Crippen molar-refractivity contribution < 1.29 is 42.0 Å². The number of aromatic nitrogens is 1. The molecule has 8 nitrogen and oxygen atoms in total. The number of fused-ring (bicyclic) bond motifs is 2. The van der Waals surface area contributed by atoms with Crippen molar-refractivity contribution >= 4 is 22.5 Å². The molecule has 2 aliphatic rings. The highest BCUT2D eigenvalue weighted by Crippen LogP contribution is 2.43. The molecule has 11 heteroatoms. The van der Waals surface area contributed by atoms with Crippen LogP contribution in [0.15, 0.2) is 36.4 Å². The predicted octanol–water partition coefficient (Wildman–Crippen LogP) is 5.44. The van der Waals surface area contributed by atoms with Gasteiger partial charge in [0.15, 0.2) is 17.3 Å². The molecule has 2 N–H and O–H groups in total. The fraction of sp³-hybridized carbons (Fsp3) is 0.483. The highest BCUT2D eigenvalue weighted by molar-refractivity contribution is 6.00. The SMILES string of the molecule is CC1(C)OCC(Cn2c(C(C)(C)CO)cc3cc(NC(=O)C(C)(C)c4ccc5c(c4)OC(F)(F)O5)c(F)cc32)O1. The minimum Gasteiger partial charge on any atom is -0.395 e. The van der Waals surface area contributed by atoms with E-state index in [1.807, 2.05) is 38.3 Å². The Kier molecular flexibility index (Phi) is 6.63. The first kappa shape index (κ1) is 28.3. The Morgan fingerprint density at radius 3 is 2.45 bits per heavy atom. The molecule has 1 fully saturated rings. The van der Waals surface area contributed by atoms with E-state index < -0.39 is 34.6 Å². The number of alkyl halides is 2. The number of rotatable bonds is 7. The van der Waals surface area contributed by atoms with Crippen molar-refractivity contribution in [2.45, 2.75) is 77.1 Å². The molecular weight excluding hydrogens is 529 g/mol. The van der Waals surface area contributed by atoms with Gasteiger partial charge in [-0.1, -0.05) is 19.9 Å². The van der Waals surface area contributed by atoms with E-state index in [0.29, 0.717) is 29.6 Å². The molecule has 1 atom stereocenters. The van der Waals surface area contributed by atoms with Gasteiger partial charge in [0.25, 0.3) is 0 Å². The number of nitrogens with zero attached hydrogens (tertiary/aromatic N) is 1. The summed E-state index contributed by atoms with van der Waals surface area (Å²) in [5, 5.41) is 13.4. The molecule has 1 unspecified atom stereocenters. The van der Waals surface area contributed by atoms with E-state index in [0.717, 1.165) is 5.69 Å². The van der Waals surface area contributed by atoms with Gasteiger partial charge in [0.2, 0.25) is 5.91 Å². The number of hydrogen-bond acceptors (Lipinski definition) is 6. The molecule has 0 radical (unpaired) electrons. The first-order valence-corrected chi connectivity index (χ1v) is 13.0. The van der Waals surface area contributed by atoms with Gasteiger partial charge in [-0.05, 0) is 57.5 Å². The first-order valence-electron chi connectivity index (χ1n) is 13.0. The maximum Gasteiger partial charge on any atom is 0.586 e. The summed E-state index contributed by atoms with van der Waals surface area (Å²) < 4.78 is 65.0. The van der Waals surface area contributed by atoms with Gasteiger partial charge in [-0.3, -0.25) is 4.79 Å². The van der Waals surface area contributed by atoms with Gasteiger partial charge >= 0.3 is 6.29 Å². The predicted molar refractivity (Wildman–Crippen MR) is 141 cm³/mol. The van der Waals surface area contributed by atoms with Gasteiger partial charge in [-0.25, -0.2) is 4.39 Å². The maximum absolute atomic E-state index is 15.5.